The van der Waals surface area contributed by atoms with Crippen LogP contribution in [0.3, 0.4) is 0 Å². The smallest absolute Gasteiger partial charge is 0.246 e. The molecular formula is C26H41N3O2. The Morgan fingerprint density at radius 1 is 1.10 bits per heavy atom. The fourth-order valence-corrected chi connectivity index (χ4v) is 8.66. The summed E-state index contributed by atoms with van der Waals surface area (Å²) in [6, 6.07) is 0.714. The van der Waals surface area contributed by atoms with Crippen molar-refractivity contribution < 1.29 is 9.59 Å². The molecule has 4 fully saturated rings. The molecule has 2 N–H and O–H groups in total. The average Bonchev–Trinajstić information content (AvgIpc) is 3.08. The predicted molar refractivity (Wildman–Crippen MR) is 122 cm³/mol. The Balaban J connectivity index is 1.29. The lowest BCUT2D eigenvalue weighted by atomic mass is 9.47. The second-order valence-electron chi connectivity index (χ2n) is 11.7. The second-order valence-corrected chi connectivity index (χ2v) is 11.7. The van der Waals surface area contributed by atoms with Crippen molar-refractivity contribution in [2.75, 3.05) is 20.1 Å². The van der Waals surface area contributed by atoms with E-state index < -0.39 is 0 Å². The number of likely N-dealkylation sites (N-methyl/N-ethyl adjacent to an activating group) is 1. The van der Waals surface area contributed by atoms with Crippen molar-refractivity contribution in [1.29, 1.82) is 0 Å². The monoisotopic (exact) mass is 427 g/mol. The van der Waals surface area contributed by atoms with Gasteiger partial charge < -0.3 is 15.5 Å². The lowest BCUT2D eigenvalue weighted by molar-refractivity contribution is -0.139. The maximum Gasteiger partial charge on any atom is 0.246 e. The lowest BCUT2D eigenvalue weighted by Crippen LogP contribution is -2.59. The SMILES string of the molecule is CN1C(=O)C=C[C@]2(C)[C@H]3CC[C@]4(C)[C@@H](CC(=O)NC5CCNCC5)CC[C@H]4[C@@H]3CC[C@@H]12. The Morgan fingerprint density at radius 3 is 2.65 bits per heavy atom. The van der Waals surface area contributed by atoms with Crippen molar-refractivity contribution in [1.82, 2.24) is 15.5 Å². The van der Waals surface area contributed by atoms with Crippen LogP contribution in [0.1, 0.15) is 71.6 Å². The number of rotatable bonds is 3. The van der Waals surface area contributed by atoms with Crippen molar-refractivity contribution >= 4 is 11.8 Å². The first kappa shape index (κ1) is 21.5. The third-order valence-electron chi connectivity index (χ3n) is 10.5. The van der Waals surface area contributed by atoms with E-state index in [9.17, 15) is 9.59 Å². The summed E-state index contributed by atoms with van der Waals surface area (Å²) < 4.78 is 0. The third-order valence-corrected chi connectivity index (χ3v) is 10.5. The number of amides is 2. The molecule has 5 nitrogen and oxygen atoms in total. The first-order chi connectivity index (χ1) is 14.8. The molecule has 1 saturated heterocycles. The number of hydrogen-bond donors (Lipinski definition) is 2. The van der Waals surface area contributed by atoms with E-state index in [1.807, 2.05) is 18.0 Å². The van der Waals surface area contributed by atoms with E-state index in [-0.39, 0.29) is 17.2 Å². The van der Waals surface area contributed by atoms with Crippen LogP contribution in [0.4, 0.5) is 0 Å². The Hall–Kier alpha value is -1.36. The zero-order chi connectivity index (χ0) is 21.8. The average molecular weight is 428 g/mol. The Labute approximate surface area is 187 Å². The van der Waals surface area contributed by atoms with Gasteiger partial charge in [-0.15, -0.1) is 0 Å². The summed E-state index contributed by atoms with van der Waals surface area (Å²) in [6.45, 7) is 6.96. The van der Waals surface area contributed by atoms with Gasteiger partial charge in [0, 0.05) is 31.0 Å². The predicted octanol–water partition coefficient (Wildman–Crippen LogP) is 3.50. The molecular weight excluding hydrogens is 386 g/mol. The molecule has 31 heavy (non-hydrogen) atoms. The summed E-state index contributed by atoms with van der Waals surface area (Å²) in [6.07, 6.45) is 14.2. The van der Waals surface area contributed by atoms with Gasteiger partial charge in [-0.2, -0.15) is 0 Å². The van der Waals surface area contributed by atoms with Crippen LogP contribution in [0.5, 0.6) is 0 Å². The number of carbonyl (C=O) groups is 2. The first-order valence-electron chi connectivity index (χ1n) is 12.8. The first-order valence-corrected chi connectivity index (χ1v) is 12.8. The molecule has 0 spiro atoms. The molecule has 0 aromatic rings. The van der Waals surface area contributed by atoms with Crippen molar-refractivity contribution in [3.63, 3.8) is 0 Å². The molecule has 0 aromatic heterocycles. The van der Waals surface area contributed by atoms with E-state index in [1.165, 1.54) is 32.1 Å². The van der Waals surface area contributed by atoms with Gasteiger partial charge >= 0.3 is 0 Å². The molecule has 0 unspecified atom stereocenters. The van der Waals surface area contributed by atoms with E-state index in [2.05, 4.69) is 30.6 Å². The third kappa shape index (κ3) is 3.46. The summed E-state index contributed by atoms with van der Waals surface area (Å²) in [7, 11) is 1.99. The van der Waals surface area contributed by atoms with Gasteiger partial charge in [-0.05, 0) is 99.6 Å². The fraction of sp³-hybridized carbons (Fsp3) is 0.846. The van der Waals surface area contributed by atoms with Crippen LogP contribution in [-0.2, 0) is 9.59 Å². The Bertz CT molecular complexity index is 760. The maximum absolute atomic E-state index is 12.9. The molecule has 172 valence electrons. The van der Waals surface area contributed by atoms with Crippen molar-refractivity contribution in [2.45, 2.75) is 83.7 Å². The largest absolute Gasteiger partial charge is 0.353 e. The summed E-state index contributed by atoms with van der Waals surface area (Å²) in [5.74, 6) is 3.12. The Kier molecular flexibility index (Phi) is 5.47. The molecule has 2 heterocycles. The lowest BCUT2D eigenvalue weighted by Gasteiger charge is -2.60. The van der Waals surface area contributed by atoms with E-state index >= 15 is 0 Å². The van der Waals surface area contributed by atoms with E-state index in [0.29, 0.717) is 35.8 Å². The van der Waals surface area contributed by atoms with Gasteiger partial charge in [-0.1, -0.05) is 19.9 Å². The number of nitrogens with zero attached hydrogens (tertiary/aromatic N) is 1. The van der Waals surface area contributed by atoms with Crippen molar-refractivity contribution in [3.8, 4) is 0 Å². The zero-order valence-electron chi connectivity index (χ0n) is 19.7. The summed E-state index contributed by atoms with van der Waals surface area (Å²) in [4.78, 5) is 27.2. The van der Waals surface area contributed by atoms with Gasteiger partial charge in [-0.25, -0.2) is 0 Å². The topological polar surface area (TPSA) is 61.4 Å². The van der Waals surface area contributed by atoms with Gasteiger partial charge in [-0.3, -0.25) is 9.59 Å². The van der Waals surface area contributed by atoms with E-state index in [1.54, 1.807) is 0 Å². The van der Waals surface area contributed by atoms with E-state index in [4.69, 9.17) is 0 Å². The van der Waals surface area contributed by atoms with Crippen LogP contribution in [0.2, 0.25) is 0 Å². The number of nitrogens with one attached hydrogen (secondary N) is 2. The van der Waals surface area contributed by atoms with Crippen LogP contribution in [-0.4, -0.2) is 48.9 Å². The van der Waals surface area contributed by atoms with Crippen LogP contribution in [0.15, 0.2) is 12.2 Å². The van der Waals surface area contributed by atoms with Crippen LogP contribution < -0.4 is 10.6 Å². The number of fused-ring (bicyclic) bond motifs is 5. The normalized spacial score (nSPS) is 45.1. The molecule has 7 atom stereocenters. The van der Waals surface area contributed by atoms with Crippen LogP contribution in [0, 0.1) is 34.5 Å². The van der Waals surface area contributed by atoms with Crippen LogP contribution >= 0.6 is 0 Å². The summed E-state index contributed by atoms with van der Waals surface area (Å²) in [5.41, 5.74) is 0.410. The van der Waals surface area contributed by atoms with Crippen LogP contribution in [0.25, 0.3) is 0 Å². The highest BCUT2D eigenvalue weighted by atomic mass is 16.2. The minimum absolute atomic E-state index is 0.109. The van der Waals surface area contributed by atoms with E-state index in [0.717, 1.165) is 44.2 Å². The highest BCUT2D eigenvalue weighted by molar-refractivity contribution is 5.89. The van der Waals surface area contributed by atoms with Crippen molar-refractivity contribution in [3.05, 3.63) is 12.2 Å². The number of hydrogen-bond acceptors (Lipinski definition) is 3. The molecule has 0 aromatic carbocycles. The van der Waals surface area contributed by atoms with Gasteiger partial charge in [0.15, 0.2) is 0 Å². The maximum atomic E-state index is 12.9. The molecule has 3 saturated carbocycles. The molecule has 5 aliphatic rings. The molecule has 2 aliphatic heterocycles. The molecule has 0 bridgehead atoms. The molecule has 3 aliphatic carbocycles. The second kappa shape index (κ2) is 7.90. The van der Waals surface area contributed by atoms with Gasteiger partial charge in [0.2, 0.25) is 11.8 Å². The summed E-state index contributed by atoms with van der Waals surface area (Å²) >= 11 is 0. The molecule has 2 amide bonds. The summed E-state index contributed by atoms with van der Waals surface area (Å²) in [5, 5.41) is 6.72. The molecule has 5 rings (SSSR count). The zero-order valence-corrected chi connectivity index (χ0v) is 19.7. The fourth-order valence-electron chi connectivity index (χ4n) is 8.66. The highest BCUT2D eigenvalue weighted by Crippen LogP contribution is 2.65. The number of carbonyl (C=O) groups excluding carboxylic acids is 2. The van der Waals surface area contributed by atoms with Crippen molar-refractivity contribution in [2.24, 2.45) is 34.5 Å². The standard InChI is InChI=1S/C26H41N3O2/c1-25-12-8-21-19(5-7-22-26(21,2)13-9-24(31)29(22)3)20(25)6-4-17(25)16-23(30)28-18-10-14-27-15-11-18/h9,13,17-22,27H,4-8,10-12,14-16H2,1-3H3,(H,28,30)/t17-,19+,20+,21+,22-,25-,26-/m1/s1. The molecule has 0 radical (unpaired) electrons. The molecule has 5 heteroatoms. The minimum Gasteiger partial charge on any atom is -0.353 e. The highest BCUT2D eigenvalue weighted by Gasteiger charge is 2.60. The minimum atomic E-state index is 0.109. The number of piperidine rings is 1. The van der Waals surface area contributed by atoms with Gasteiger partial charge in [0.25, 0.3) is 0 Å². The Morgan fingerprint density at radius 2 is 1.87 bits per heavy atom. The van der Waals surface area contributed by atoms with Gasteiger partial charge in [0.1, 0.15) is 0 Å². The van der Waals surface area contributed by atoms with Gasteiger partial charge in [0.05, 0.1) is 0 Å². The quantitative estimate of drug-likeness (QED) is 0.725.